The third-order valence-corrected chi connectivity index (χ3v) is 3.76. The molecule has 0 aliphatic rings. The number of nitrogens with zero attached hydrogens (tertiary/aromatic N) is 3. The van der Waals surface area contributed by atoms with Gasteiger partial charge in [-0.2, -0.15) is 5.26 Å². The third kappa shape index (κ3) is 2.23. The summed E-state index contributed by atoms with van der Waals surface area (Å²) in [6.45, 7) is 0. The molecule has 80 valence electrons. The monoisotopic (exact) mass is 293 g/mol. The van der Waals surface area contributed by atoms with Gasteiger partial charge in [-0.15, -0.1) is 11.3 Å². The Kier molecular flexibility index (Phi) is 3.22. The molecule has 1 aromatic heterocycles. The van der Waals surface area contributed by atoms with Gasteiger partial charge in [0.15, 0.2) is 5.13 Å². The molecule has 0 atom stereocenters. The molecule has 0 fully saturated rings. The van der Waals surface area contributed by atoms with Crippen molar-refractivity contribution in [3.63, 3.8) is 0 Å². The van der Waals surface area contributed by atoms with Crippen LogP contribution in [-0.4, -0.2) is 12.0 Å². The number of hydrogen-bond acceptors (Lipinski definition) is 4. The van der Waals surface area contributed by atoms with Crippen molar-refractivity contribution in [3.05, 3.63) is 39.8 Å². The van der Waals surface area contributed by atoms with Crippen LogP contribution in [0.3, 0.4) is 0 Å². The number of benzene rings is 1. The number of hydrogen-bond donors (Lipinski definition) is 0. The number of halogens is 1. The van der Waals surface area contributed by atoms with E-state index in [1.165, 1.54) is 0 Å². The Morgan fingerprint density at radius 1 is 1.38 bits per heavy atom. The van der Waals surface area contributed by atoms with Crippen LogP contribution in [0.5, 0.6) is 0 Å². The highest BCUT2D eigenvalue weighted by Crippen LogP contribution is 2.28. The molecule has 2 rings (SSSR count). The van der Waals surface area contributed by atoms with Gasteiger partial charge < -0.3 is 4.90 Å². The smallest absolute Gasteiger partial charge is 0.190 e. The van der Waals surface area contributed by atoms with Gasteiger partial charge in [0.2, 0.25) is 0 Å². The van der Waals surface area contributed by atoms with E-state index < -0.39 is 0 Å². The first-order chi connectivity index (χ1) is 7.70. The molecular weight excluding hydrogens is 286 g/mol. The minimum Gasteiger partial charge on any atom is -0.321 e. The largest absolute Gasteiger partial charge is 0.321 e. The number of aromatic nitrogens is 1. The van der Waals surface area contributed by atoms with E-state index >= 15 is 0 Å². The van der Waals surface area contributed by atoms with Crippen molar-refractivity contribution in [1.29, 1.82) is 5.26 Å². The zero-order chi connectivity index (χ0) is 11.5. The second kappa shape index (κ2) is 4.64. The fourth-order valence-corrected chi connectivity index (χ4v) is 2.51. The van der Waals surface area contributed by atoms with Gasteiger partial charge in [0.25, 0.3) is 0 Å². The Hall–Kier alpha value is -1.38. The van der Waals surface area contributed by atoms with Crippen molar-refractivity contribution in [2.45, 2.75) is 0 Å². The summed E-state index contributed by atoms with van der Waals surface area (Å²) in [6.07, 6.45) is 0. The molecule has 0 unspecified atom stereocenters. The van der Waals surface area contributed by atoms with E-state index in [1.54, 1.807) is 23.5 Å². The minimum absolute atomic E-state index is 0.664. The lowest BCUT2D eigenvalue weighted by atomic mass is 10.2. The van der Waals surface area contributed by atoms with Crippen LogP contribution in [0.1, 0.15) is 5.56 Å². The maximum atomic E-state index is 8.71. The molecule has 0 saturated carbocycles. The molecule has 0 aliphatic carbocycles. The summed E-state index contributed by atoms with van der Waals surface area (Å²) in [5.41, 5.74) is 1.68. The molecule has 0 amide bonds. The van der Waals surface area contributed by atoms with E-state index in [2.05, 4.69) is 27.0 Å². The second-order valence-electron chi connectivity index (χ2n) is 3.17. The van der Waals surface area contributed by atoms with E-state index in [0.29, 0.717) is 5.56 Å². The van der Waals surface area contributed by atoms with Gasteiger partial charge >= 0.3 is 0 Å². The van der Waals surface area contributed by atoms with Crippen LogP contribution in [0.4, 0.5) is 10.8 Å². The summed E-state index contributed by atoms with van der Waals surface area (Å²) in [5.74, 6) is 0. The first-order valence-corrected chi connectivity index (χ1v) is 6.23. The van der Waals surface area contributed by atoms with Gasteiger partial charge in [0.1, 0.15) is 4.60 Å². The van der Waals surface area contributed by atoms with Gasteiger partial charge in [-0.3, -0.25) is 0 Å². The molecule has 5 heteroatoms. The van der Waals surface area contributed by atoms with Crippen molar-refractivity contribution < 1.29 is 0 Å². The lowest BCUT2D eigenvalue weighted by molar-refractivity contribution is 1.16. The van der Waals surface area contributed by atoms with Crippen LogP contribution in [0.15, 0.2) is 34.2 Å². The van der Waals surface area contributed by atoms with Crippen molar-refractivity contribution in [2.75, 3.05) is 11.9 Å². The highest BCUT2D eigenvalue weighted by Gasteiger charge is 2.07. The zero-order valence-corrected chi connectivity index (χ0v) is 10.9. The Bertz CT molecular complexity index is 527. The molecule has 0 N–H and O–H groups in total. The Labute approximate surface area is 106 Å². The SMILES string of the molecule is CN(c1ccc(C#N)cc1)c1nc(Br)cs1. The Morgan fingerprint density at radius 2 is 2.06 bits per heavy atom. The summed E-state index contributed by atoms with van der Waals surface area (Å²) in [6, 6.07) is 9.52. The van der Waals surface area contributed by atoms with Crippen LogP contribution < -0.4 is 4.90 Å². The van der Waals surface area contributed by atoms with Crippen molar-refractivity contribution in [1.82, 2.24) is 4.98 Å². The third-order valence-electron chi connectivity index (χ3n) is 2.13. The number of anilines is 2. The van der Waals surface area contributed by atoms with Gasteiger partial charge in [-0.1, -0.05) is 0 Å². The predicted octanol–water partition coefficient (Wildman–Crippen LogP) is 3.55. The van der Waals surface area contributed by atoms with Crippen LogP contribution in [-0.2, 0) is 0 Å². The van der Waals surface area contributed by atoms with E-state index in [1.807, 2.05) is 29.5 Å². The normalized spacial score (nSPS) is 9.81. The maximum absolute atomic E-state index is 8.71. The van der Waals surface area contributed by atoms with Crippen LogP contribution in [0, 0.1) is 11.3 Å². The van der Waals surface area contributed by atoms with Crippen LogP contribution in [0.25, 0.3) is 0 Å². The molecule has 0 bridgehead atoms. The summed E-state index contributed by atoms with van der Waals surface area (Å²) < 4.78 is 0.841. The fraction of sp³-hybridized carbons (Fsp3) is 0.0909. The molecule has 0 aliphatic heterocycles. The molecule has 2 aromatic rings. The average molecular weight is 294 g/mol. The van der Waals surface area contributed by atoms with Crippen LogP contribution in [0.2, 0.25) is 0 Å². The van der Waals surface area contributed by atoms with Gasteiger partial charge in [0, 0.05) is 18.1 Å². The lowest BCUT2D eigenvalue weighted by Crippen LogP contribution is -2.08. The van der Waals surface area contributed by atoms with Crippen LogP contribution >= 0.6 is 27.3 Å². The first kappa shape index (κ1) is 11.1. The molecule has 1 heterocycles. The molecule has 3 nitrogen and oxygen atoms in total. The van der Waals surface area contributed by atoms with Gasteiger partial charge in [0.05, 0.1) is 11.6 Å². The second-order valence-corrected chi connectivity index (χ2v) is 4.82. The number of rotatable bonds is 2. The summed E-state index contributed by atoms with van der Waals surface area (Å²) >= 11 is 4.89. The molecular formula is C11H8BrN3S. The van der Waals surface area contributed by atoms with Gasteiger partial charge in [-0.25, -0.2) is 4.98 Å². The Balaban J connectivity index is 2.27. The number of thiazole rings is 1. The summed E-state index contributed by atoms with van der Waals surface area (Å²) in [4.78, 5) is 6.31. The Morgan fingerprint density at radius 3 is 2.56 bits per heavy atom. The van der Waals surface area contributed by atoms with E-state index in [-0.39, 0.29) is 0 Å². The van der Waals surface area contributed by atoms with Crippen molar-refractivity contribution >= 4 is 38.1 Å². The van der Waals surface area contributed by atoms with Gasteiger partial charge in [-0.05, 0) is 40.2 Å². The quantitative estimate of drug-likeness (QED) is 0.850. The van der Waals surface area contributed by atoms with Crippen molar-refractivity contribution in [2.24, 2.45) is 0 Å². The minimum atomic E-state index is 0.664. The maximum Gasteiger partial charge on any atom is 0.190 e. The molecule has 0 radical (unpaired) electrons. The van der Waals surface area contributed by atoms with E-state index in [4.69, 9.17) is 5.26 Å². The average Bonchev–Trinajstić information content (AvgIpc) is 2.75. The van der Waals surface area contributed by atoms with E-state index in [9.17, 15) is 0 Å². The number of nitriles is 1. The summed E-state index contributed by atoms with van der Waals surface area (Å²) in [5, 5.41) is 11.6. The molecule has 0 saturated heterocycles. The first-order valence-electron chi connectivity index (χ1n) is 4.55. The standard InChI is InChI=1S/C11H8BrN3S/c1-15(11-14-10(12)7-16-11)9-4-2-8(6-13)3-5-9/h2-5,7H,1H3. The predicted molar refractivity (Wildman–Crippen MR) is 69.0 cm³/mol. The lowest BCUT2D eigenvalue weighted by Gasteiger charge is -2.15. The highest BCUT2D eigenvalue weighted by atomic mass is 79.9. The topological polar surface area (TPSA) is 39.9 Å². The fourth-order valence-electron chi connectivity index (χ4n) is 1.27. The summed E-state index contributed by atoms with van der Waals surface area (Å²) in [7, 11) is 1.95. The molecule has 0 spiro atoms. The zero-order valence-electron chi connectivity index (χ0n) is 8.51. The highest BCUT2D eigenvalue weighted by molar-refractivity contribution is 9.10. The molecule has 1 aromatic carbocycles. The van der Waals surface area contributed by atoms with Crippen molar-refractivity contribution in [3.8, 4) is 6.07 Å². The van der Waals surface area contributed by atoms with E-state index in [0.717, 1.165) is 15.4 Å². The molecule has 16 heavy (non-hydrogen) atoms.